The third-order valence-corrected chi connectivity index (χ3v) is 5.31. The average molecular weight is 293 g/mol. The van der Waals surface area contributed by atoms with Gasteiger partial charge in [0.25, 0.3) is 0 Å². The first-order valence-electron chi connectivity index (χ1n) is 7.00. The van der Waals surface area contributed by atoms with E-state index in [-0.39, 0.29) is 12.0 Å². The summed E-state index contributed by atoms with van der Waals surface area (Å²) in [4.78, 5) is 13.3. The van der Waals surface area contributed by atoms with Gasteiger partial charge in [0.15, 0.2) is 0 Å². The van der Waals surface area contributed by atoms with Crippen LogP contribution < -0.4 is 4.90 Å². The molecule has 1 aromatic rings. The van der Waals surface area contributed by atoms with Gasteiger partial charge in [-0.2, -0.15) is 11.8 Å². The Hall–Kier alpha value is -1.16. The standard InChI is InChI=1S/C16H23NO2S/c1-12-4-6-13(7-5-12)17(9-15(18)19)14-8-16(2,3)11-20-10-14/h4-7,14H,8-11H2,1-3H3,(H,18,19). The van der Waals surface area contributed by atoms with E-state index in [4.69, 9.17) is 0 Å². The van der Waals surface area contributed by atoms with Crippen molar-refractivity contribution in [3.63, 3.8) is 0 Å². The quantitative estimate of drug-likeness (QED) is 0.923. The molecule has 1 aromatic carbocycles. The smallest absolute Gasteiger partial charge is 0.323 e. The fourth-order valence-corrected chi connectivity index (χ4v) is 4.10. The van der Waals surface area contributed by atoms with Gasteiger partial charge in [0.2, 0.25) is 0 Å². The van der Waals surface area contributed by atoms with Crippen molar-refractivity contribution in [3.8, 4) is 0 Å². The highest BCUT2D eigenvalue weighted by Crippen LogP contribution is 2.37. The summed E-state index contributed by atoms with van der Waals surface area (Å²) >= 11 is 1.93. The summed E-state index contributed by atoms with van der Waals surface area (Å²) in [6, 6.07) is 8.45. The molecule has 0 bridgehead atoms. The Morgan fingerprint density at radius 2 is 2.05 bits per heavy atom. The van der Waals surface area contributed by atoms with E-state index in [1.165, 1.54) is 5.56 Å². The Morgan fingerprint density at radius 3 is 2.60 bits per heavy atom. The molecule has 20 heavy (non-hydrogen) atoms. The summed E-state index contributed by atoms with van der Waals surface area (Å²) < 4.78 is 0. The van der Waals surface area contributed by atoms with Crippen molar-refractivity contribution in [2.24, 2.45) is 5.41 Å². The molecule has 0 radical (unpaired) electrons. The number of anilines is 1. The van der Waals surface area contributed by atoms with Gasteiger partial charge in [-0.3, -0.25) is 4.79 Å². The van der Waals surface area contributed by atoms with E-state index < -0.39 is 5.97 Å². The maximum Gasteiger partial charge on any atom is 0.323 e. The number of thioether (sulfide) groups is 1. The number of hydrogen-bond donors (Lipinski definition) is 1. The number of nitrogens with zero attached hydrogens (tertiary/aromatic N) is 1. The van der Waals surface area contributed by atoms with E-state index in [0.29, 0.717) is 6.04 Å². The second-order valence-corrected chi connectivity index (χ2v) is 7.42. The maximum atomic E-state index is 11.2. The fourth-order valence-electron chi connectivity index (χ4n) is 2.74. The minimum atomic E-state index is -0.765. The summed E-state index contributed by atoms with van der Waals surface area (Å²) in [5, 5.41) is 9.21. The lowest BCUT2D eigenvalue weighted by atomic mass is 9.87. The number of benzene rings is 1. The molecule has 4 heteroatoms. The van der Waals surface area contributed by atoms with Gasteiger partial charge in [0.05, 0.1) is 0 Å². The van der Waals surface area contributed by atoms with Crippen LogP contribution in [0, 0.1) is 12.3 Å². The summed E-state index contributed by atoms with van der Waals surface area (Å²) in [7, 11) is 0. The Bertz CT molecular complexity index is 470. The van der Waals surface area contributed by atoms with Gasteiger partial charge >= 0.3 is 5.97 Å². The molecule has 1 atom stereocenters. The Balaban J connectivity index is 2.23. The molecule has 0 saturated carbocycles. The van der Waals surface area contributed by atoms with E-state index in [1.54, 1.807) is 0 Å². The van der Waals surface area contributed by atoms with E-state index >= 15 is 0 Å². The van der Waals surface area contributed by atoms with Crippen LogP contribution in [0.5, 0.6) is 0 Å². The van der Waals surface area contributed by atoms with Crippen molar-refractivity contribution in [2.75, 3.05) is 23.0 Å². The number of hydrogen-bond acceptors (Lipinski definition) is 3. The van der Waals surface area contributed by atoms with Gasteiger partial charge in [-0.1, -0.05) is 31.5 Å². The van der Waals surface area contributed by atoms with Crippen LogP contribution >= 0.6 is 11.8 Å². The van der Waals surface area contributed by atoms with Gasteiger partial charge in [-0.25, -0.2) is 0 Å². The van der Waals surface area contributed by atoms with Crippen molar-refractivity contribution in [1.29, 1.82) is 0 Å². The van der Waals surface area contributed by atoms with Gasteiger partial charge in [0.1, 0.15) is 6.54 Å². The number of carboxylic acids is 1. The molecule has 3 nitrogen and oxygen atoms in total. The maximum absolute atomic E-state index is 11.2. The number of aliphatic carboxylic acids is 1. The molecule has 2 rings (SSSR count). The highest BCUT2D eigenvalue weighted by Gasteiger charge is 2.32. The summed E-state index contributed by atoms with van der Waals surface area (Å²) in [5.74, 6) is 1.39. The normalized spacial score (nSPS) is 21.4. The summed E-state index contributed by atoms with van der Waals surface area (Å²) in [6.07, 6.45) is 1.04. The van der Waals surface area contributed by atoms with Gasteiger partial charge in [0, 0.05) is 17.5 Å². The average Bonchev–Trinajstić information content (AvgIpc) is 2.36. The molecule has 1 unspecified atom stereocenters. The first-order valence-corrected chi connectivity index (χ1v) is 8.16. The Kier molecular flexibility index (Phi) is 4.63. The van der Waals surface area contributed by atoms with Crippen LogP contribution in [0.3, 0.4) is 0 Å². The molecular weight excluding hydrogens is 270 g/mol. The molecular formula is C16H23NO2S. The van der Waals surface area contributed by atoms with Crippen LogP contribution in [0.4, 0.5) is 5.69 Å². The molecule has 1 saturated heterocycles. The first-order chi connectivity index (χ1) is 9.37. The topological polar surface area (TPSA) is 40.5 Å². The fraction of sp³-hybridized carbons (Fsp3) is 0.562. The Labute approximate surface area is 125 Å². The van der Waals surface area contributed by atoms with Crippen molar-refractivity contribution < 1.29 is 9.90 Å². The summed E-state index contributed by atoms with van der Waals surface area (Å²) in [6.45, 7) is 6.65. The lowest BCUT2D eigenvalue weighted by molar-refractivity contribution is -0.135. The second kappa shape index (κ2) is 6.08. The first kappa shape index (κ1) is 15.2. The van der Waals surface area contributed by atoms with E-state index in [9.17, 15) is 9.90 Å². The molecule has 1 fully saturated rings. The minimum absolute atomic E-state index is 0.0738. The van der Waals surface area contributed by atoms with E-state index in [1.807, 2.05) is 43.0 Å². The molecule has 0 aliphatic carbocycles. The number of carboxylic acid groups (broad SMARTS) is 1. The largest absolute Gasteiger partial charge is 0.480 e. The lowest BCUT2D eigenvalue weighted by Crippen LogP contribution is -2.46. The molecule has 110 valence electrons. The van der Waals surface area contributed by atoms with Crippen LogP contribution in [-0.4, -0.2) is 35.2 Å². The summed E-state index contributed by atoms with van der Waals surface area (Å²) in [5.41, 5.74) is 2.48. The third kappa shape index (κ3) is 3.92. The SMILES string of the molecule is Cc1ccc(N(CC(=O)O)C2CSCC(C)(C)C2)cc1. The number of carbonyl (C=O) groups is 1. The number of aryl methyl sites for hydroxylation is 1. The van der Waals surface area contributed by atoms with Crippen LogP contribution in [-0.2, 0) is 4.79 Å². The lowest BCUT2D eigenvalue weighted by Gasteiger charge is -2.41. The van der Waals surface area contributed by atoms with Crippen molar-refractivity contribution in [2.45, 2.75) is 33.2 Å². The van der Waals surface area contributed by atoms with Crippen LogP contribution in [0.1, 0.15) is 25.8 Å². The molecule has 1 N–H and O–H groups in total. The molecule has 1 aliphatic rings. The zero-order chi connectivity index (χ0) is 14.8. The molecule has 0 aromatic heterocycles. The van der Waals surface area contributed by atoms with Crippen LogP contribution in [0.15, 0.2) is 24.3 Å². The predicted molar refractivity (Wildman–Crippen MR) is 85.7 cm³/mol. The molecule has 1 aliphatic heterocycles. The van der Waals surface area contributed by atoms with Crippen molar-refractivity contribution in [3.05, 3.63) is 29.8 Å². The monoisotopic (exact) mass is 293 g/mol. The van der Waals surface area contributed by atoms with Gasteiger partial charge < -0.3 is 10.0 Å². The Morgan fingerprint density at radius 1 is 1.40 bits per heavy atom. The van der Waals surface area contributed by atoms with Crippen LogP contribution in [0.25, 0.3) is 0 Å². The van der Waals surface area contributed by atoms with Gasteiger partial charge in [-0.15, -0.1) is 0 Å². The van der Waals surface area contributed by atoms with E-state index in [0.717, 1.165) is 23.6 Å². The van der Waals surface area contributed by atoms with Gasteiger partial charge in [-0.05, 0) is 36.6 Å². The van der Waals surface area contributed by atoms with Crippen LogP contribution in [0.2, 0.25) is 0 Å². The zero-order valence-corrected chi connectivity index (χ0v) is 13.2. The highest BCUT2D eigenvalue weighted by molar-refractivity contribution is 7.99. The molecule has 1 heterocycles. The predicted octanol–water partition coefficient (Wildman–Crippen LogP) is 3.42. The third-order valence-electron chi connectivity index (χ3n) is 3.70. The minimum Gasteiger partial charge on any atom is -0.480 e. The van der Waals surface area contributed by atoms with Crippen molar-refractivity contribution in [1.82, 2.24) is 0 Å². The number of rotatable bonds is 4. The molecule has 0 amide bonds. The second-order valence-electron chi connectivity index (χ2n) is 6.39. The molecule has 0 spiro atoms. The van der Waals surface area contributed by atoms with E-state index in [2.05, 4.69) is 18.7 Å². The highest BCUT2D eigenvalue weighted by atomic mass is 32.2. The zero-order valence-electron chi connectivity index (χ0n) is 12.4. The van der Waals surface area contributed by atoms with Crippen molar-refractivity contribution >= 4 is 23.4 Å².